The van der Waals surface area contributed by atoms with Gasteiger partial charge in [-0.15, -0.1) is 0 Å². The molecule has 5 rings (SSSR count). The molecule has 0 radical (unpaired) electrons. The molecule has 0 bridgehead atoms. The first kappa shape index (κ1) is 31.6. The normalized spacial score (nSPS) is 19.6. The van der Waals surface area contributed by atoms with Crippen molar-refractivity contribution in [2.75, 3.05) is 69.3 Å². The van der Waals surface area contributed by atoms with E-state index in [9.17, 15) is 9.59 Å². The van der Waals surface area contributed by atoms with Crippen molar-refractivity contribution in [3.8, 4) is 11.4 Å². The van der Waals surface area contributed by atoms with Crippen molar-refractivity contribution in [2.45, 2.75) is 39.7 Å². The van der Waals surface area contributed by atoms with Crippen molar-refractivity contribution >= 4 is 57.2 Å². The number of ether oxygens (including phenoxy) is 2. The minimum Gasteiger partial charge on any atom is -0.462 e. The van der Waals surface area contributed by atoms with Gasteiger partial charge in [0, 0.05) is 58.5 Å². The highest BCUT2D eigenvalue weighted by Crippen LogP contribution is 2.37. The van der Waals surface area contributed by atoms with E-state index in [0.717, 1.165) is 38.5 Å². The van der Waals surface area contributed by atoms with E-state index in [-0.39, 0.29) is 35.9 Å². The monoisotopic (exact) mass is 649 g/mol. The van der Waals surface area contributed by atoms with Crippen LogP contribution in [-0.2, 0) is 9.47 Å². The molecular formula is C29H37Cl2N7O4S. The summed E-state index contributed by atoms with van der Waals surface area (Å²) in [6, 6.07) is 0. The summed E-state index contributed by atoms with van der Waals surface area (Å²) in [6.07, 6.45) is 4.17. The van der Waals surface area contributed by atoms with Crippen LogP contribution < -0.4 is 9.80 Å². The number of hydrogen-bond acceptors (Lipinski definition) is 11. The lowest BCUT2D eigenvalue weighted by molar-refractivity contribution is 0.0375. The number of anilines is 2. The summed E-state index contributed by atoms with van der Waals surface area (Å²) in [5.74, 6) is 0.248. The van der Waals surface area contributed by atoms with Gasteiger partial charge in [-0.1, -0.05) is 41.5 Å². The summed E-state index contributed by atoms with van der Waals surface area (Å²) in [6.45, 7) is 11.9. The Bertz CT molecular complexity index is 1440. The predicted octanol–water partition coefficient (Wildman–Crippen LogP) is 4.98. The number of ketones is 1. The SMILES string of the molecule is CCOC(=O)c1sc(N2CC[C@@H](CC(=O)c3[nH]c(C)c(Cl)c3Cl)[C@@H](OC)C2)nc1-c1cnc(N2CCN(CC)CC2)cn1. The van der Waals surface area contributed by atoms with Gasteiger partial charge in [0.05, 0.1) is 35.1 Å². The molecule has 0 spiro atoms. The first-order chi connectivity index (χ1) is 20.7. The number of Topliss-reactive ketones (excluding diaryl/α,β-unsaturated/α-hetero) is 1. The first-order valence-electron chi connectivity index (χ1n) is 14.6. The minimum atomic E-state index is -0.441. The van der Waals surface area contributed by atoms with Crippen LogP contribution in [0.1, 0.15) is 52.5 Å². The lowest BCUT2D eigenvalue weighted by atomic mass is 9.88. The summed E-state index contributed by atoms with van der Waals surface area (Å²) < 4.78 is 11.2. The molecule has 0 saturated carbocycles. The van der Waals surface area contributed by atoms with Crippen LogP contribution in [0.2, 0.25) is 10.0 Å². The maximum atomic E-state index is 13.1. The van der Waals surface area contributed by atoms with Crippen LogP contribution in [0.4, 0.5) is 10.9 Å². The third-order valence-corrected chi connectivity index (χ3v) is 10.2. The number of aromatic nitrogens is 4. The number of hydrogen-bond donors (Lipinski definition) is 1. The predicted molar refractivity (Wildman–Crippen MR) is 169 cm³/mol. The molecule has 2 fully saturated rings. The third-order valence-electron chi connectivity index (χ3n) is 8.15. The van der Waals surface area contributed by atoms with Gasteiger partial charge in [-0.05, 0) is 32.7 Å². The Hall–Kier alpha value is -2.77. The standard InChI is InChI=1S/C29H37Cl2N7O4S/c1-5-36-9-11-37(12-10-36)22-15-32-19(14-33-22)25-27(28(40)42-6-2)43-29(35-25)38-8-7-18(21(16-38)41-4)13-20(39)26-24(31)23(30)17(3)34-26/h14-15,18,21,34H,5-13,16H2,1-4H3/t18-,21-/m0/s1. The molecular weight excluding hydrogens is 613 g/mol. The Balaban J connectivity index is 1.32. The molecule has 2 atom stereocenters. The van der Waals surface area contributed by atoms with Crippen LogP contribution in [0.15, 0.2) is 12.4 Å². The zero-order valence-corrected chi connectivity index (χ0v) is 27.2. The van der Waals surface area contributed by atoms with Crippen molar-refractivity contribution in [3.63, 3.8) is 0 Å². The molecule has 3 aromatic heterocycles. The summed E-state index contributed by atoms with van der Waals surface area (Å²) in [7, 11) is 1.64. The zero-order chi connectivity index (χ0) is 30.7. The summed E-state index contributed by atoms with van der Waals surface area (Å²) in [4.78, 5) is 50.4. The number of H-pyrrole nitrogens is 1. The maximum absolute atomic E-state index is 13.1. The van der Waals surface area contributed by atoms with E-state index in [0.29, 0.717) is 57.3 Å². The van der Waals surface area contributed by atoms with E-state index in [1.54, 1.807) is 33.4 Å². The van der Waals surface area contributed by atoms with Gasteiger partial charge in [-0.2, -0.15) is 0 Å². The highest BCUT2D eigenvalue weighted by Gasteiger charge is 2.34. The van der Waals surface area contributed by atoms with Gasteiger partial charge in [0.2, 0.25) is 0 Å². The second-order valence-electron chi connectivity index (χ2n) is 10.7. The number of halogens is 2. The number of nitrogens with one attached hydrogen (secondary N) is 1. The molecule has 2 aliphatic heterocycles. The fourth-order valence-electron chi connectivity index (χ4n) is 5.60. The van der Waals surface area contributed by atoms with Crippen molar-refractivity contribution < 1.29 is 19.1 Å². The van der Waals surface area contributed by atoms with Gasteiger partial charge in [0.25, 0.3) is 0 Å². The van der Waals surface area contributed by atoms with Crippen molar-refractivity contribution in [1.29, 1.82) is 0 Å². The quantitative estimate of drug-likeness (QED) is 0.238. The molecule has 0 aromatic carbocycles. The highest BCUT2D eigenvalue weighted by atomic mass is 35.5. The number of methoxy groups -OCH3 is 1. The molecule has 3 aromatic rings. The average molecular weight is 651 g/mol. The van der Waals surface area contributed by atoms with Crippen LogP contribution >= 0.6 is 34.5 Å². The molecule has 0 amide bonds. The molecule has 232 valence electrons. The Morgan fingerprint density at radius 2 is 1.84 bits per heavy atom. The van der Waals surface area contributed by atoms with E-state index in [2.05, 4.69) is 36.6 Å². The van der Waals surface area contributed by atoms with E-state index in [1.807, 2.05) is 0 Å². The Morgan fingerprint density at radius 1 is 1.07 bits per heavy atom. The average Bonchev–Trinajstić information content (AvgIpc) is 3.59. The number of esters is 1. The van der Waals surface area contributed by atoms with Gasteiger partial charge in [-0.25, -0.2) is 19.7 Å². The lowest BCUT2D eigenvalue weighted by Crippen LogP contribution is -2.46. The number of carbonyl (C=O) groups excluding carboxylic acids is 2. The fraction of sp³-hybridized carbons (Fsp3) is 0.552. The van der Waals surface area contributed by atoms with Crippen LogP contribution in [0.3, 0.4) is 0 Å². The second kappa shape index (κ2) is 13.9. The number of rotatable bonds is 10. The molecule has 2 saturated heterocycles. The zero-order valence-electron chi connectivity index (χ0n) is 24.9. The van der Waals surface area contributed by atoms with Gasteiger partial charge >= 0.3 is 5.97 Å². The molecule has 43 heavy (non-hydrogen) atoms. The fourth-order valence-corrected chi connectivity index (χ4v) is 7.04. The Labute approximate surface area is 265 Å². The minimum absolute atomic E-state index is 0.0197. The number of likely N-dealkylation sites (N-methyl/N-ethyl adjacent to an activating group) is 1. The van der Waals surface area contributed by atoms with Crippen molar-refractivity contribution in [3.05, 3.63) is 38.7 Å². The van der Waals surface area contributed by atoms with E-state index in [4.69, 9.17) is 37.7 Å². The van der Waals surface area contributed by atoms with Gasteiger partial charge < -0.3 is 29.2 Å². The molecule has 2 aliphatic rings. The van der Waals surface area contributed by atoms with Crippen LogP contribution in [0.25, 0.3) is 11.4 Å². The van der Waals surface area contributed by atoms with Crippen LogP contribution in [-0.4, -0.2) is 102 Å². The van der Waals surface area contributed by atoms with Crippen LogP contribution in [0.5, 0.6) is 0 Å². The first-order valence-corrected chi connectivity index (χ1v) is 16.1. The molecule has 1 N–H and O–H groups in total. The molecule has 0 unspecified atom stereocenters. The molecule has 14 heteroatoms. The summed E-state index contributed by atoms with van der Waals surface area (Å²) in [5.41, 5.74) is 1.97. The van der Waals surface area contributed by atoms with Gasteiger partial charge in [0.15, 0.2) is 10.9 Å². The summed E-state index contributed by atoms with van der Waals surface area (Å²) in [5, 5.41) is 1.29. The number of aryl methyl sites for hydroxylation is 1. The third kappa shape index (κ3) is 6.83. The van der Waals surface area contributed by atoms with Crippen LogP contribution in [0, 0.1) is 12.8 Å². The smallest absolute Gasteiger partial charge is 0.350 e. The second-order valence-corrected chi connectivity index (χ2v) is 12.5. The Kier molecular flexibility index (Phi) is 10.2. The van der Waals surface area contributed by atoms with E-state index >= 15 is 0 Å². The molecule has 5 heterocycles. The highest BCUT2D eigenvalue weighted by molar-refractivity contribution is 7.17. The number of nitrogens with zero attached hydrogens (tertiary/aromatic N) is 6. The molecule has 0 aliphatic carbocycles. The Morgan fingerprint density at radius 3 is 2.44 bits per heavy atom. The number of piperidine rings is 1. The topological polar surface area (TPSA) is 117 Å². The maximum Gasteiger partial charge on any atom is 0.350 e. The van der Waals surface area contributed by atoms with Crippen molar-refractivity contribution in [2.24, 2.45) is 5.92 Å². The summed E-state index contributed by atoms with van der Waals surface area (Å²) >= 11 is 13.7. The molecule has 11 nitrogen and oxygen atoms in total. The van der Waals surface area contributed by atoms with Crippen molar-refractivity contribution in [1.82, 2.24) is 24.8 Å². The van der Waals surface area contributed by atoms with E-state index in [1.165, 1.54) is 11.3 Å². The lowest BCUT2D eigenvalue weighted by Gasteiger charge is -2.37. The number of thiazole rings is 1. The van der Waals surface area contributed by atoms with E-state index < -0.39 is 5.97 Å². The number of aromatic amines is 1. The number of piperazine rings is 1. The number of carbonyl (C=O) groups is 2. The van der Waals surface area contributed by atoms with Gasteiger partial charge in [0.1, 0.15) is 27.8 Å². The van der Waals surface area contributed by atoms with Gasteiger partial charge in [-0.3, -0.25) is 4.79 Å². The largest absolute Gasteiger partial charge is 0.462 e.